The highest BCUT2D eigenvalue weighted by Crippen LogP contribution is 2.44. The van der Waals surface area contributed by atoms with Crippen molar-refractivity contribution in [3.63, 3.8) is 0 Å². The maximum absolute atomic E-state index is 13.0. The summed E-state index contributed by atoms with van der Waals surface area (Å²) < 4.78 is 10.7. The quantitative estimate of drug-likeness (QED) is 0.674. The molecule has 0 spiro atoms. The number of thiophene rings is 1. The van der Waals surface area contributed by atoms with Crippen LogP contribution in [0.2, 0.25) is 0 Å². The van der Waals surface area contributed by atoms with E-state index in [1.165, 1.54) is 18.4 Å². The van der Waals surface area contributed by atoms with Gasteiger partial charge in [-0.2, -0.15) is 5.26 Å². The number of carbonyl (C=O) groups excluding carboxylic acids is 2. The van der Waals surface area contributed by atoms with Gasteiger partial charge in [0.15, 0.2) is 0 Å². The third-order valence-electron chi connectivity index (χ3n) is 4.93. The zero-order chi connectivity index (χ0) is 21.7. The molecule has 8 heteroatoms. The van der Waals surface area contributed by atoms with Crippen LogP contribution in [0.25, 0.3) is 0 Å². The molecule has 3 rings (SSSR count). The second kappa shape index (κ2) is 9.74. The van der Waals surface area contributed by atoms with Crippen LogP contribution < -0.4 is 9.64 Å². The maximum atomic E-state index is 13.0. The van der Waals surface area contributed by atoms with Crippen LogP contribution in [0.1, 0.15) is 36.3 Å². The number of benzene rings is 1. The molecule has 0 fully saturated rings. The van der Waals surface area contributed by atoms with E-state index in [1.807, 2.05) is 31.2 Å². The van der Waals surface area contributed by atoms with Crippen molar-refractivity contribution in [1.82, 2.24) is 4.90 Å². The van der Waals surface area contributed by atoms with Gasteiger partial charge in [0.25, 0.3) is 0 Å². The molecular weight excluding hydrogens is 402 g/mol. The van der Waals surface area contributed by atoms with Gasteiger partial charge in [-0.1, -0.05) is 19.1 Å². The Labute approximate surface area is 180 Å². The summed E-state index contributed by atoms with van der Waals surface area (Å²) >= 11 is 1.39. The number of nitrogens with zero attached hydrogens (tertiary/aromatic N) is 3. The maximum Gasteiger partial charge on any atom is 0.248 e. The van der Waals surface area contributed by atoms with Gasteiger partial charge in [-0.25, -0.2) is 0 Å². The monoisotopic (exact) mass is 427 g/mol. The summed E-state index contributed by atoms with van der Waals surface area (Å²) in [5, 5.41) is 10.5. The van der Waals surface area contributed by atoms with E-state index in [1.54, 1.807) is 16.7 Å². The third-order valence-corrected chi connectivity index (χ3v) is 6.13. The standard InChI is InChI=1S/C22H25N3O4S/c1-4-20(26)25(17-8-6-7-9-18(17)29-5-2)22-16(12-23)15-10-11-24(13-19(15)30-22)21(27)14-28-3/h6-9H,4-5,10-11,13-14H2,1-3H3. The van der Waals surface area contributed by atoms with E-state index in [0.717, 1.165) is 10.4 Å². The molecule has 0 radical (unpaired) electrons. The zero-order valence-corrected chi connectivity index (χ0v) is 18.3. The minimum Gasteiger partial charge on any atom is -0.492 e. The summed E-state index contributed by atoms with van der Waals surface area (Å²) in [6.45, 7) is 5.12. The van der Waals surface area contributed by atoms with Crippen LogP contribution in [0.4, 0.5) is 10.7 Å². The van der Waals surface area contributed by atoms with Crippen molar-refractivity contribution in [3.05, 3.63) is 40.3 Å². The van der Waals surface area contributed by atoms with Crippen LogP contribution in [0.5, 0.6) is 5.75 Å². The average molecular weight is 428 g/mol. The van der Waals surface area contributed by atoms with Gasteiger partial charge in [-0.05, 0) is 31.0 Å². The lowest BCUT2D eigenvalue weighted by Crippen LogP contribution is -2.37. The molecule has 7 nitrogen and oxygen atoms in total. The molecule has 0 saturated carbocycles. The molecule has 0 atom stereocenters. The number of hydrogen-bond acceptors (Lipinski definition) is 6. The van der Waals surface area contributed by atoms with Crippen molar-refractivity contribution in [2.24, 2.45) is 0 Å². The highest BCUT2D eigenvalue weighted by molar-refractivity contribution is 7.16. The number of methoxy groups -OCH3 is 1. The first kappa shape index (κ1) is 21.8. The Hall–Kier alpha value is -2.89. The van der Waals surface area contributed by atoms with Crippen LogP contribution in [-0.2, 0) is 27.3 Å². The minimum absolute atomic E-state index is 0.0286. The van der Waals surface area contributed by atoms with Gasteiger partial charge in [0, 0.05) is 25.0 Å². The van der Waals surface area contributed by atoms with Crippen LogP contribution in [-0.4, -0.2) is 43.6 Å². The first-order valence-corrected chi connectivity index (χ1v) is 10.7. The van der Waals surface area contributed by atoms with E-state index in [9.17, 15) is 14.9 Å². The Morgan fingerprint density at radius 3 is 2.73 bits per heavy atom. The van der Waals surface area contributed by atoms with Crippen LogP contribution >= 0.6 is 11.3 Å². The van der Waals surface area contributed by atoms with Gasteiger partial charge in [-0.3, -0.25) is 14.5 Å². The topological polar surface area (TPSA) is 82.9 Å². The molecule has 2 amide bonds. The molecule has 30 heavy (non-hydrogen) atoms. The van der Waals surface area contributed by atoms with Crippen molar-refractivity contribution in [3.8, 4) is 11.8 Å². The van der Waals surface area contributed by atoms with E-state index in [0.29, 0.717) is 48.1 Å². The highest BCUT2D eigenvalue weighted by Gasteiger charge is 2.31. The number of ether oxygens (including phenoxy) is 2. The fourth-order valence-corrected chi connectivity index (χ4v) is 4.87. The van der Waals surface area contributed by atoms with Gasteiger partial charge in [0.05, 0.1) is 24.4 Å². The first-order valence-electron chi connectivity index (χ1n) is 9.91. The zero-order valence-electron chi connectivity index (χ0n) is 17.4. The summed E-state index contributed by atoms with van der Waals surface area (Å²) in [5.41, 5.74) is 2.04. The molecular formula is C22H25N3O4S. The third kappa shape index (κ3) is 4.18. The van der Waals surface area contributed by atoms with Crippen molar-refractivity contribution in [2.75, 3.05) is 31.8 Å². The lowest BCUT2D eigenvalue weighted by atomic mass is 10.0. The SMILES string of the molecule is CCOc1ccccc1N(C(=O)CC)c1sc2c(c1C#N)CCN(C(=O)COC)C2. The molecule has 1 aliphatic heterocycles. The number of para-hydroxylation sites is 2. The first-order chi connectivity index (χ1) is 14.5. The summed E-state index contributed by atoms with van der Waals surface area (Å²) in [6.07, 6.45) is 0.859. The second-order valence-corrected chi connectivity index (χ2v) is 7.86. The number of hydrogen-bond donors (Lipinski definition) is 0. The molecule has 1 aliphatic rings. The Balaban J connectivity index is 2.08. The van der Waals surface area contributed by atoms with Crippen molar-refractivity contribution < 1.29 is 19.1 Å². The lowest BCUT2D eigenvalue weighted by molar-refractivity contribution is -0.136. The average Bonchev–Trinajstić information content (AvgIpc) is 3.12. The molecule has 0 aliphatic carbocycles. The molecule has 0 N–H and O–H groups in total. The Morgan fingerprint density at radius 1 is 1.30 bits per heavy atom. The second-order valence-electron chi connectivity index (χ2n) is 6.78. The molecule has 1 aromatic heterocycles. The lowest BCUT2D eigenvalue weighted by Gasteiger charge is -2.26. The molecule has 0 unspecified atom stereocenters. The molecule has 0 bridgehead atoms. The summed E-state index contributed by atoms with van der Waals surface area (Å²) in [6, 6.07) is 9.65. The predicted octanol–water partition coefficient (Wildman–Crippen LogP) is 3.62. The number of fused-ring (bicyclic) bond motifs is 1. The van der Waals surface area contributed by atoms with Crippen LogP contribution in [0, 0.1) is 11.3 Å². The predicted molar refractivity (Wildman–Crippen MR) is 115 cm³/mol. The summed E-state index contributed by atoms with van der Waals surface area (Å²) in [7, 11) is 1.49. The van der Waals surface area contributed by atoms with E-state index in [-0.39, 0.29) is 24.8 Å². The molecule has 2 aromatic rings. The smallest absolute Gasteiger partial charge is 0.248 e. The molecule has 0 saturated heterocycles. The van der Waals surface area contributed by atoms with Crippen molar-refractivity contribution in [1.29, 1.82) is 5.26 Å². The Kier molecular flexibility index (Phi) is 7.08. The van der Waals surface area contributed by atoms with Gasteiger partial charge in [0.2, 0.25) is 11.8 Å². The van der Waals surface area contributed by atoms with Gasteiger partial charge in [0.1, 0.15) is 23.4 Å². The fraction of sp³-hybridized carbons (Fsp3) is 0.409. The van der Waals surface area contributed by atoms with E-state index < -0.39 is 0 Å². The number of rotatable bonds is 7. The normalized spacial score (nSPS) is 12.8. The summed E-state index contributed by atoms with van der Waals surface area (Å²) in [5.74, 6) is 0.387. The molecule has 1 aromatic carbocycles. The molecule has 2 heterocycles. The Bertz CT molecular complexity index is 979. The largest absolute Gasteiger partial charge is 0.492 e. The van der Waals surface area contributed by atoms with Gasteiger partial charge < -0.3 is 14.4 Å². The number of amides is 2. The number of anilines is 2. The van der Waals surface area contributed by atoms with Gasteiger partial charge >= 0.3 is 0 Å². The fourth-order valence-electron chi connectivity index (χ4n) is 3.52. The van der Waals surface area contributed by atoms with Crippen molar-refractivity contribution in [2.45, 2.75) is 33.2 Å². The van der Waals surface area contributed by atoms with E-state index in [4.69, 9.17) is 9.47 Å². The molecule has 158 valence electrons. The van der Waals surface area contributed by atoms with Crippen molar-refractivity contribution >= 4 is 33.8 Å². The summed E-state index contributed by atoms with van der Waals surface area (Å²) in [4.78, 5) is 29.5. The van der Waals surface area contributed by atoms with E-state index in [2.05, 4.69) is 6.07 Å². The number of carbonyl (C=O) groups is 2. The van der Waals surface area contributed by atoms with Crippen LogP contribution in [0.15, 0.2) is 24.3 Å². The van der Waals surface area contributed by atoms with E-state index >= 15 is 0 Å². The van der Waals surface area contributed by atoms with Gasteiger partial charge in [-0.15, -0.1) is 11.3 Å². The number of nitriles is 1. The highest BCUT2D eigenvalue weighted by atomic mass is 32.1. The Morgan fingerprint density at radius 2 is 2.07 bits per heavy atom. The van der Waals surface area contributed by atoms with Crippen LogP contribution in [0.3, 0.4) is 0 Å². The minimum atomic E-state index is -0.121.